The van der Waals surface area contributed by atoms with E-state index in [1.54, 1.807) is 6.08 Å². The van der Waals surface area contributed by atoms with Gasteiger partial charge in [-0.15, -0.1) is 6.58 Å². The fourth-order valence-electron chi connectivity index (χ4n) is 0.195. The third-order valence-corrected chi connectivity index (χ3v) is 0.659. The lowest BCUT2D eigenvalue weighted by Crippen LogP contribution is -1.92. The van der Waals surface area contributed by atoms with Crippen LogP contribution < -0.4 is 0 Å². The first-order valence-electron chi connectivity index (χ1n) is 2.08. The van der Waals surface area contributed by atoms with Crippen molar-refractivity contribution in [2.24, 2.45) is 0 Å². The molecule has 0 heterocycles. The van der Waals surface area contributed by atoms with Crippen LogP contribution >= 0.6 is 9.12 Å². The molecule has 0 aliphatic heterocycles. The Morgan fingerprint density at radius 2 is 2.50 bits per heavy atom. The van der Waals surface area contributed by atoms with Crippen LogP contribution in [0.1, 0.15) is 0 Å². The summed E-state index contributed by atoms with van der Waals surface area (Å²) >= 11 is 0. The summed E-state index contributed by atoms with van der Waals surface area (Å²) in [5, 5.41) is 0. The highest BCUT2D eigenvalue weighted by Crippen LogP contribution is 2.10. The van der Waals surface area contributed by atoms with E-state index in [0.717, 1.165) is 0 Å². The van der Waals surface area contributed by atoms with Crippen LogP contribution in [0, 0.1) is 0 Å². The quantitative estimate of drug-likeness (QED) is 0.249. The van der Waals surface area contributed by atoms with Gasteiger partial charge in [0.1, 0.15) is 0 Å². The molecule has 8 heavy (non-hydrogen) atoms. The van der Waals surface area contributed by atoms with Gasteiger partial charge >= 0.3 is 0 Å². The molecule has 0 N–H and O–H groups in total. The van der Waals surface area contributed by atoms with Crippen LogP contribution in [0.2, 0.25) is 0 Å². The molecule has 2 nitrogen and oxygen atoms in total. The minimum atomic E-state index is -0.990. The Hall–Kier alpha value is 0.0200. The van der Waals surface area contributed by atoms with Crippen LogP contribution in [0.4, 0.5) is 4.20 Å². The molecule has 0 bridgehead atoms. The largest absolute Gasteiger partial charge is 0.351 e. The van der Waals surface area contributed by atoms with Gasteiger partial charge in [-0.25, -0.2) is 0 Å². The Kier molecular flexibility index (Phi) is 7.04. The molecule has 4 heteroatoms. The second-order valence-corrected chi connectivity index (χ2v) is 1.44. The van der Waals surface area contributed by atoms with Crippen molar-refractivity contribution in [2.75, 3.05) is 13.4 Å². The topological polar surface area (TPSA) is 18.5 Å². The van der Waals surface area contributed by atoms with Gasteiger partial charge in [-0.2, -0.15) is 4.20 Å². The van der Waals surface area contributed by atoms with Gasteiger partial charge in [-0.1, -0.05) is 6.08 Å². The number of hydrogen-bond acceptors (Lipinski definition) is 2. The monoisotopic (exact) mass is 138 g/mol. The van der Waals surface area contributed by atoms with Crippen LogP contribution in [0.25, 0.3) is 0 Å². The first-order chi connectivity index (χ1) is 3.91. The Labute approximate surface area is 49.7 Å². The van der Waals surface area contributed by atoms with E-state index in [9.17, 15) is 4.20 Å². The van der Waals surface area contributed by atoms with Crippen molar-refractivity contribution >= 4 is 9.12 Å². The van der Waals surface area contributed by atoms with Crippen LogP contribution in [0.15, 0.2) is 12.7 Å². The number of hydrogen-bond donors (Lipinski definition) is 0. The lowest BCUT2D eigenvalue weighted by molar-refractivity contribution is 0.0383. The van der Waals surface area contributed by atoms with Gasteiger partial charge in [0, 0.05) is 0 Å². The van der Waals surface area contributed by atoms with E-state index in [4.69, 9.17) is 0 Å². The molecule has 0 aliphatic carbocycles. The number of halogens is 1. The van der Waals surface area contributed by atoms with Crippen molar-refractivity contribution in [3.05, 3.63) is 12.7 Å². The average molecular weight is 138 g/mol. The summed E-state index contributed by atoms with van der Waals surface area (Å²) < 4.78 is 20.0. The van der Waals surface area contributed by atoms with Crippen molar-refractivity contribution < 1.29 is 13.5 Å². The van der Waals surface area contributed by atoms with E-state index in [1.165, 1.54) is 0 Å². The highest BCUT2D eigenvalue weighted by atomic mass is 31.1. The van der Waals surface area contributed by atoms with Crippen LogP contribution in [0.5, 0.6) is 0 Å². The maximum absolute atomic E-state index is 11.1. The molecule has 0 saturated heterocycles. The summed E-state index contributed by atoms with van der Waals surface area (Å²) in [5.41, 5.74) is 0. The minimum Gasteiger partial charge on any atom is -0.351 e. The lowest BCUT2D eigenvalue weighted by Gasteiger charge is -1.95. The highest BCUT2D eigenvalue weighted by Gasteiger charge is 1.80. The van der Waals surface area contributed by atoms with Gasteiger partial charge in [-0.05, 0) is 0 Å². The first kappa shape index (κ1) is 8.02. The minimum absolute atomic E-state index is 0.0148. The molecule has 0 rings (SSSR count). The molecule has 0 saturated carbocycles. The third kappa shape index (κ3) is 6.02. The van der Waals surface area contributed by atoms with Gasteiger partial charge < -0.3 is 9.26 Å². The van der Waals surface area contributed by atoms with Gasteiger partial charge in [0.2, 0.25) is 9.12 Å². The fourth-order valence-corrected chi connectivity index (χ4v) is 0.323. The molecule has 0 radical (unpaired) electrons. The predicted molar refractivity (Wildman–Crippen MR) is 31.5 cm³/mol. The van der Waals surface area contributed by atoms with Gasteiger partial charge in [0.05, 0.1) is 6.61 Å². The molecular formula is C4H8FO2P. The van der Waals surface area contributed by atoms with E-state index in [2.05, 4.69) is 15.8 Å². The molecule has 48 valence electrons. The molecule has 0 aliphatic rings. The number of rotatable bonds is 5. The van der Waals surface area contributed by atoms with E-state index in [1.807, 2.05) is 0 Å². The maximum Gasteiger partial charge on any atom is 0.207 e. The average Bonchev–Trinajstić information content (AvgIpc) is 1.81. The number of ether oxygens (including phenoxy) is 1. The van der Waals surface area contributed by atoms with Gasteiger partial charge in [-0.3, -0.25) is 0 Å². The normalized spacial score (nSPS) is 10.6. The second kappa shape index (κ2) is 7.02. The van der Waals surface area contributed by atoms with Crippen molar-refractivity contribution in [3.63, 3.8) is 0 Å². The van der Waals surface area contributed by atoms with E-state index < -0.39 is 9.12 Å². The maximum atomic E-state index is 11.1. The summed E-state index contributed by atoms with van der Waals surface area (Å²) in [5.74, 6) is 0. The second-order valence-electron chi connectivity index (χ2n) is 0.999. The summed E-state index contributed by atoms with van der Waals surface area (Å²) in [7, 11) is -0.990. The molecule has 0 spiro atoms. The molecule has 0 fully saturated rings. The Morgan fingerprint density at radius 3 is 3.00 bits per heavy atom. The zero-order valence-corrected chi connectivity index (χ0v) is 5.39. The molecule has 0 aromatic rings. The van der Waals surface area contributed by atoms with Crippen LogP contribution in [-0.2, 0) is 9.26 Å². The highest BCUT2D eigenvalue weighted by molar-refractivity contribution is 7.25. The lowest BCUT2D eigenvalue weighted by atomic mass is 10.7. The SMILES string of the molecule is C=CCOCOPF. The summed E-state index contributed by atoms with van der Waals surface area (Å²) in [6, 6.07) is 0. The van der Waals surface area contributed by atoms with Gasteiger partial charge in [0.15, 0.2) is 6.79 Å². The van der Waals surface area contributed by atoms with Crippen molar-refractivity contribution in [3.8, 4) is 0 Å². The molecule has 1 atom stereocenters. The zero-order valence-electron chi connectivity index (χ0n) is 4.39. The molecular weight excluding hydrogens is 130 g/mol. The Bertz CT molecular complexity index is 60.0. The third-order valence-electron chi connectivity index (χ3n) is 0.433. The summed E-state index contributed by atoms with van der Waals surface area (Å²) in [4.78, 5) is 0. The van der Waals surface area contributed by atoms with E-state index in [-0.39, 0.29) is 6.79 Å². The molecule has 1 unspecified atom stereocenters. The van der Waals surface area contributed by atoms with E-state index in [0.29, 0.717) is 6.61 Å². The predicted octanol–water partition coefficient (Wildman–Crippen LogP) is 1.64. The summed E-state index contributed by atoms with van der Waals surface area (Å²) in [6.07, 6.45) is 1.57. The van der Waals surface area contributed by atoms with Crippen LogP contribution in [-0.4, -0.2) is 13.4 Å². The molecule has 0 aromatic heterocycles. The van der Waals surface area contributed by atoms with E-state index >= 15 is 0 Å². The molecule has 0 amide bonds. The van der Waals surface area contributed by atoms with Gasteiger partial charge in [0.25, 0.3) is 0 Å². The fraction of sp³-hybridized carbons (Fsp3) is 0.500. The van der Waals surface area contributed by atoms with Crippen molar-refractivity contribution in [2.45, 2.75) is 0 Å². The van der Waals surface area contributed by atoms with Crippen LogP contribution in [0.3, 0.4) is 0 Å². The smallest absolute Gasteiger partial charge is 0.207 e. The first-order valence-corrected chi connectivity index (χ1v) is 2.86. The molecule has 0 aromatic carbocycles. The van der Waals surface area contributed by atoms with Crippen molar-refractivity contribution in [1.82, 2.24) is 0 Å². The standard InChI is InChI=1S/C4H8FO2P/c1-2-3-6-4-7-8-5/h2,8H,1,3-4H2. The Morgan fingerprint density at radius 1 is 1.75 bits per heavy atom. The van der Waals surface area contributed by atoms with Crippen molar-refractivity contribution in [1.29, 1.82) is 0 Å². The zero-order chi connectivity index (χ0) is 6.24. The Balaban J connectivity index is 2.62. The summed E-state index contributed by atoms with van der Waals surface area (Å²) in [6.45, 7) is 3.81.